The van der Waals surface area contributed by atoms with Crippen LogP contribution in [0.5, 0.6) is 0 Å². The third kappa shape index (κ3) is 3.24. The number of anilines is 1. The quantitative estimate of drug-likeness (QED) is 0.649. The highest BCUT2D eigenvalue weighted by Crippen LogP contribution is 2.30. The summed E-state index contributed by atoms with van der Waals surface area (Å²) in [5.41, 5.74) is 3.26. The molecule has 1 aliphatic rings. The molecule has 0 fully saturated rings. The Kier molecular flexibility index (Phi) is 4.50. The highest BCUT2D eigenvalue weighted by Gasteiger charge is 2.23. The van der Waals surface area contributed by atoms with Crippen LogP contribution in [-0.4, -0.2) is 5.91 Å². The van der Waals surface area contributed by atoms with E-state index in [1.54, 1.807) is 0 Å². The van der Waals surface area contributed by atoms with Crippen molar-refractivity contribution in [3.8, 4) is 0 Å². The van der Waals surface area contributed by atoms with Crippen LogP contribution in [0.1, 0.15) is 24.0 Å². The Labute approximate surface area is 143 Å². The van der Waals surface area contributed by atoms with Crippen LogP contribution in [0.4, 0.5) is 5.69 Å². The van der Waals surface area contributed by atoms with Crippen molar-refractivity contribution in [1.82, 2.24) is 0 Å². The maximum atomic E-state index is 12.5. The Balaban J connectivity index is 2.00. The van der Waals surface area contributed by atoms with Crippen molar-refractivity contribution in [2.75, 3.05) is 4.90 Å². The summed E-state index contributed by atoms with van der Waals surface area (Å²) in [5.74, 6) is 0.176. The second kappa shape index (κ2) is 6.36. The van der Waals surface area contributed by atoms with Gasteiger partial charge < -0.3 is 4.90 Å². The van der Waals surface area contributed by atoms with Crippen molar-refractivity contribution >= 4 is 45.8 Å². The van der Waals surface area contributed by atoms with Crippen LogP contribution in [0.2, 0.25) is 5.02 Å². The molecule has 2 aromatic rings. The number of benzene rings is 2. The highest BCUT2D eigenvalue weighted by atomic mass is 127. The van der Waals surface area contributed by atoms with Gasteiger partial charge in [-0.3, -0.25) is 4.79 Å². The molecule has 4 heteroatoms. The van der Waals surface area contributed by atoms with E-state index in [1.165, 1.54) is 9.13 Å². The van der Waals surface area contributed by atoms with Gasteiger partial charge in [0.25, 0.3) is 0 Å². The van der Waals surface area contributed by atoms with Crippen LogP contribution in [0.25, 0.3) is 0 Å². The molecule has 1 amide bonds. The van der Waals surface area contributed by atoms with Crippen molar-refractivity contribution in [2.24, 2.45) is 0 Å². The Hall–Kier alpha value is -1.07. The second-order valence-corrected chi connectivity index (χ2v) is 6.85. The zero-order valence-electron chi connectivity index (χ0n) is 11.5. The molecule has 0 unspecified atom stereocenters. The molecule has 0 N–H and O–H groups in total. The van der Waals surface area contributed by atoms with Crippen molar-refractivity contribution < 1.29 is 4.79 Å². The average molecular weight is 412 g/mol. The lowest BCUT2D eigenvalue weighted by Gasteiger charge is -2.24. The van der Waals surface area contributed by atoms with Gasteiger partial charge in [-0.1, -0.05) is 29.8 Å². The van der Waals surface area contributed by atoms with Crippen molar-refractivity contribution in [2.45, 2.75) is 25.8 Å². The average Bonchev–Trinajstić information content (AvgIpc) is 2.61. The Morgan fingerprint density at radius 1 is 1.14 bits per heavy atom. The number of nitrogens with zero attached hydrogens (tertiary/aromatic N) is 1. The molecular weight excluding hydrogens is 397 g/mol. The largest absolute Gasteiger partial charge is 0.308 e. The Morgan fingerprint density at radius 2 is 1.95 bits per heavy atom. The fraction of sp³-hybridized carbons (Fsp3) is 0.235. The Morgan fingerprint density at radius 3 is 2.76 bits per heavy atom. The predicted octanol–water partition coefficient (Wildman–Crippen LogP) is 4.81. The van der Waals surface area contributed by atoms with E-state index in [0.29, 0.717) is 18.0 Å². The van der Waals surface area contributed by atoms with Gasteiger partial charge in [-0.25, -0.2) is 0 Å². The van der Waals surface area contributed by atoms with E-state index in [9.17, 15) is 4.79 Å². The van der Waals surface area contributed by atoms with Gasteiger partial charge >= 0.3 is 0 Å². The van der Waals surface area contributed by atoms with Crippen molar-refractivity contribution in [3.05, 3.63) is 62.2 Å². The SMILES string of the molecule is O=C1CCCc2cc(I)ccc2N1Cc1ccccc1Cl. The summed E-state index contributed by atoms with van der Waals surface area (Å²) in [4.78, 5) is 14.3. The van der Waals surface area contributed by atoms with E-state index < -0.39 is 0 Å². The standard InChI is InChI=1S/C17H15ClINO/c18-15-6-2-1-4-13(15)11-20-16-9-8-14(19)10-12(16)5-3-7-17(20)21/h1-2,4,6,8-10H,3,5,7,11H2. The minimum absolute atomic E-state index is 0.176. The molecule has 0 aromatic heterocycles. The first-order valence-corrected chi connectivity index (χ1v) is 8.43. The van der Waals surface area contributed by atoms with E-state index in [4.69, 9.17) is 11.6 Å². The first-order valence-electron chi connectivity index (χ1n) is 6.97. The summed E-state index contributed by atoms with van der Waals surface area (Å²) in [7, 11) is 0. The van der Waals surface area contributed by atoms with Gasteiger partial charge in [0.1, 0.15) is 0 Å². The normalized spacial score (nSPS) is 14.8. The number of aryl methyl sites for hydroxylation is 1. The molecule has 1 heterocycles. The molecule has 108 valence electrons. The van der Waals surface area contributed by atoms with E-state index in [-0.39, 0.29) is 5.91 Å². The fourth-order valence-corrected chi connectivity index (χ4v) is 3.44. The third-order valence-electron chi connectivity index (χ3n) is 3.76. The van der Waals surface area contributed by atoms with Gasteiger partial charge in [0.05, 0.1) is 6.54 Å². The molecule has 2 nitrogen and oxygen atoms in total. The number of halogens is 2. The maximum Gasteiger partial charge on any atom is 0.227 e. The number of hydrogen-bond acceptors (Lipinski definition) is 1. The van der Waals surface area contributed by atoms with Crippen molar-refractivity contribution in [3.63, 3.8) is 0 Å². The Bertz CT molecular complexity index is 686. The summed E-state index contributed by atoms with van der Waals surface area (Å²) in [6, 6.07) is 14.0. The van der Waals surface area contributed by atoms with Crippen LogP contribution in [0, 0.1) is 3.57 Å². The van der Waals surface area contributed by atoms with Gasteiger partial charge in [0.2, 0.25) is 5.91 Å². The molecule has 0 atom stereocenters. The van der Waals surface area contributed by atoms with Gasteiger partial charge in [0, 0.05) is 20.7 Å². The molecule has 0 aliphatic carbocycles. The maximum absolute atomic E-state index is 12.5. The lowest BCUT2D eigenvalue weighted by atomic mass is 10.1. The number of rotatable bonds is 2. The molecular formula is C17H15ClINO. The van der Waals surface area contributed by atoms with E-state index in [2.05, 4.69) is 40.8 Å². The van der Waals surface area contributed by atoms with E-state index >= 15 is 0 Å². The van der Waals surface area contributed by atoms with Crippen molar-refractivity contribution in [1.29, 1.82) is 0 Å². The monoisotopic (exact) mass is 411 g/mol. The van der Waals surface area contributed by atoms with Crippen LogP contribution in [0.15, 0.2) is 42.5 Å². The summed E-state index contributed by atoms with van der Waals surface area (Å²) in [5, 5.41) is 0.710. The number of carbonyl (C=O) groups is 1. The summed E-state index contributed by atoms with van der Waals surface area (Å²) >= 11 is 8.56. The smallest absolute Gasteiger partial charge is 0.227 e. The van der Waals surface area contributed by atoms with Gasteiger partial charge in [-0.15, -0.1) is 0 Å². The molecule has 3 rings (SSSR count). The van der Waals surface area contributed by atoms with Crippen LogP contribution in [0.3, 0.4) is 0 Å². The molecule has 2 aromatic carbocycles. The summed E-state index contributed by atoms with van der Waals surface area (Å²) in [6.07, 6.45) is 2.46. The van der Waals surface area contributed by atoms with Crippen LogP contribution >= 0.6 is 34.2 Å². The molecule has 0 saturated heterocycles. The lowest BCUT2D eigenvalue weighted by Crippen LogP contribution is -2.29. The fourth-order valence-electron chi connectivity index (χ4n) is 2.69. The van der Waals surface area contributed by atoms with Crippen LogP contribution < -0.4 is 4.90 Å². The lowest BCUT2D eigenvalue weighted by molar-refractivity contribution is -0.118. The van der Waals surface area contributed by atoms with Gasteiger partial charge in [-0.05, 0) is 70.8 Å². The van der Waals surface area contributed by atoms with E-state index in [1.807, 2.05) is 29.2 Å². The predicted molar refractivity (Wildman–Crippen MR) is 94.7 cm³/mol. The van der Waals surface area contributed by atoms with Gasteiger partial charge in [0.15, 0.2) is 0 Å². The molecule has 0 radical (unpaired) electrons. The molecule has 0 bridgehead atoms. The van der Waals surface area contributed by atoms with Crippen LogP contribution in [-0.2, 0) is 17.8 Å². The van der Waals surface area contributed by atoms with E-state index in [0.717, 1.165) is 24.1 Å². The highest BCUT2D eigenvalue weighted by molar-refractivity contribution is 14.1. The zero-order chi connectivity index (χ0) is 14.8. The topological polar surface area (TPSA) is 20.3 Å². The molecule has 21 heavy (non-hydrogen) atoms. The zero-order valence-corrected chi connectivity index (χ0v) is 14.4. The first-order chi connectivity index (χ1) is 10.1. The molecule has 0 spiro atoms. The molecule has 0 saturated carbocycles. The number of amides is 1. The minimum atomic E-state index is 0.176. The molecule has 1 aliphatic heterocycles. The minimum Gasteiger partial charge on any atom is -0.308 e. The first kappa shape index (κ1) is 14.9. The number of fused-ring (bicyclic) bond motifs is 1. The third-order valence-corrected chi connectivity index (χ3v) is 4.80. The number of hydrogen-bond donors (Lipinski definition) is 0. The van der Waals surface area contributed by atoms with Gasteiger partial charge in [-0.2, -0.15) is 0 Å². The summed E-state index contributed by atoms with van der Waals surface area (Å²) in [6.45, 7) is 0.534. The second-order valence-electron chi connectivity index (χ2n) is 5.20. The summed E-state index contributed by atoms with van der Waals surface area (Å²) < 4.78 is 1.21. The number of carbonyl (C=O) groups excluding carboxylic acids is 1.